The van der Waals surface area contributed by atoms with Crippen molar-refractivity contribution >= 4 is 11.7 Å². The van der Waals surface area contributed by atoms with E-state index in [4.69, 9.17) is 0 Å². The molecule has 0 bridgehead atoms. The molecule has 0 spiro atoms. The lowest BCUT2D eigenvalue weighted by Gasteiger charge is -2.43. The van der Waals surface area contributed by atoms with Gasteiger partial charge in [-0.15, -0.1) is 0 Å². The Balaban J connectivity index is 1.54. The van der Waals surface area contributed by atoms with Gasteiger partial charge in [-0.3, -0.25) is 4.79 Å². The molecule has 3 aromatic rings. The number of halogens is 2. The van der Waals surface area contributed by atoms with Crippen molar-refractivity contribution in [2.75, 3.05) is 11.9 Å². The molecule has 1 aliphatic carbocycles. The molecule has 6 nitrogen and oxygen atoms in total. The molecule has 1 saturated carbocycles. The molecule has 1 fully saturated rings. The molecular weight excluding hydrogens is 522 g/mol. The standard InChI is InChI=1S/C33H42F2N4O2/c1-22(40)38-29(18-23-16-26(34)20-27(35)17-23)30(41)21-37-33(25-9-7-8-24(19-25)32(2,3)4)13-11-28(12-14-33)39-31-10-5-6-15-36-31/h5-10,15-17,19-20,28-30,37,41H,11-14,18,21H2,1-4H3,(H,36,39)(H,38,40). The zero-order valence-electron chi connectivity index (χ0n) is 24.4. The second-order valence-electron chi connectivity index (χ2n) is 12.3. The third-order valence-corrected chi connectivity index (χ3v) is 8.02. The topological polar surface area (TPSA) is 86.3 Å². The van der Waals surface area contributed by atoms with Gasteiger partial charge in [0, 0.05) is 37.3 Å². The maximum Gasteiger partial charge on any atom is 0.217 e. The lowest BCUT2D eigenvalue weighted by Crippen LogP contribution is -2.54. The molecule has 2 unspecified atom stereocenters. The number of amides is 1. The number of benzene rings is 2. The summed E-state index contributed by atoms with van der Waals surface area (Å²) in [5.74, 6) is -0.847. The third kappa shape index (κ3) is 8.33. The van der Waals surface area contributed by atoms with E-state index in [1.165, 1.54) is 24.6 Å². The number of aliphatic hydroxyl groups is 1. The van der Waals surface area contributed by atoms with Gasteiger partial charge in [0.1, 0.15) is 17.5 Å². The highest BCUT2D eigenvalue weighted by Gasteiger charge is 2.38. The highest BCUT2D eigenvalue weighted by molar-refractivity contribution is 5.73. The predicted molar refractivity (Wildman–Crippen MR) is 159 cm³/mol. The molecule has 2 atom stereocenters. The molecule has 4 N–H and O–H groups in total. The summed E-state index contributed by atoms with van der Waals surface area (Å²) < 4.78 is 27.7. The van der Waals surface area contributed by atoms with E-state index in [9.17, 15) is 18.7 Å². The smallest absolute Gasteiger partial charge is 0.217 e. The molecule has 1 aromatic heterocycles. The minimum absolute atomic E-state index is 0.0226. The van der Waals surface area contributed by atoms with Crippen LogP contribution in [0.3, 0.4) is 0 Å². The summed E-state index contributed by atoms with van der Waals surface area (Å²) in [6, 6.07) is 17.3. The van der Waals surface area contributed by atoms with Gasteiger partial charge in [0.2, 0.25) is 5.91 Å². The zero-order chi connectivity index (χ0) is 29.6. The first-order valence-electron chi connectivity index (χ1n) is 14.4. The number of hydrogen-bond donors (Lipinski definition) is 4. The summed E-state index contributed by atoms with van der Waals surface area (Å²) in [5, 5.41) is 21.3. The molecule has 41 heavy (non-hydrogen) atoms. The SMILES string of the molecule is CC(=O)NC(Cc1cc(F)cc(F)c1)C(O)CNC1(c2cccc(C(C)(C)C)c2)CCC(Nc2ccccn2)CC1. The Morgan fingerprint density at radius 1 is 1.05 bits per heavy atom. The van der Waals surface area contributed by atoms with Gasteiger partial charge < -0.3 is 21.1 Å². The Kier molecular flexibility index (Phi) is 9.76. The molecule has 1 heterocycles. The number of rotatable bonds is 10. The highest BCUT2D eigenvalue weighted by Crippen LogP contribution is 2.39. The Hall–Kier alpha value is -3.36. The number of carbonyl (C=O) groups excluding carboxylic acids is 1. The molecule has 1 amide bonds. The first kappa shape index (κ1) is 30.6. The van der Waals surface area contributed by atoms with Gasteiger partial charge in [0.05, 0.1) is 12.1 Å². The monoisotopic (exact) mass is 564 g/mol. The second-order valence-corrected chi connectivity index (χ2v) is 12.3. The van der Waals surface area contributed by atoms with Crippen LogP contribution in [-0.2, 0) is 22.2 Å². The fourth-order valence-corrected chi connectivity index (χ4v) is 5.73. The molecule has 2 aromatic carbocycles. The third-order valence-electron chi connectivity index (χ3n) is 8.02. The van der Waals surface area contributed by atoms with Crippen LogP contribution in [0.25, 0.3) is 0 Å². The van der Waals surface area contributed by atoms with E-state index < -0.39 is 29.3 Å². The Morgan fingerprint density at radius 3 is 2.37 bits per heavy atom. The summed E-state index contributed by atoms with van der Waals surface area (Å²) >= 11 is 0. The van der Waals surface area contributed by atoms with Crippen LogP contribution in [-0.4, -0.2) is 40.7 Å². The number of pyridine rings is 1. The number of nitrogens with one attached hydrogen (secondary N) is 3. The molecule has 0 saturated heterocycles. The van der Waals surface area contributed by atoms with Crippen LogP contribution in [0.4, 0.5) is 14.6 Å². The van der Waals surface area contributed by atoms with Gasteiger partial charge in [0.15, 0.2) is 0 Å². The van der Waals surface area contributed by atoms with Gasteiger partial charge in [-0.2, -0.15) is 0 Å². The fraction of sp³-hybridized carbons (Fsp3) is 0.455. The molecule has 0 aliphatic heterocycles. The van der Waals surface area contributed by atoms with Crippen molar-refractivity contribution in [2.24, 2.45) is 0 Å². The van der Waals surface area contributed by atoms with Crippen molar-refractivity contribution in [2.45, 2.75) is 88.9 Å². The maximum atomic E-state index is 13.8. The minimum atomic E-state index is -0.989. The molecule has 220 valence electrons. The normalized spacial score (nSPS) is 20.7. The first-order chi connectivity index (χ1) is 19.4. The highest BCUT2D eigenvalue weighted by atomic mass is 19.1. The van der Waals surface area contributed by atoms with E-state index in [-0.39, 0.29) is 30.3 Å². The van der Waals surface area contributed by atoms with Crippen molar-refractivity contribution < 1.29 is 18.7 Å². The molecule has 1 aliphatic rings. The Morgan fingerprint density at radius 2 is 1.76 bits per heavy atom. The summed E-state index contributed by atoms with van der Waals surface area (Å²) in [7, 11) is 0. The van der Waals surface area contributed by atoms with Crippen molar-refractivity contribution in [3.05, 3.63) is 95.2 Å². The van der Waals surface area contributed by atoms with Crippen LogP contribution in [0, 0.1) is 11.6 Å². The van der Waals surface area contributed by atoms with Gasteiger partial charge in [0.25, 0.3) is 0 Å². The van der Waals surface area contributed by atoms with Crippen LogP contribution < -0.4 is 16.0 Å². The fourth-order valence-electron chi connectivity index (χ4n) is 5.73. The van der Waals surface area contributed by atoms with E-state index in [1.807, 2.05) is 18.2 Å². The van der Waals surface area contributed by atoms with Crippen molar-refractivity contribution in [3.63, 3.8) is 0 Å². The Bertz CT molecular complexity index is 1280. The minimum Gasteiger partial charge on any atom is -0.390 e. The molecule has 4 rings (SSSR count). The van der Waals surface area contributed by atoms with Crippen molar-refractivity contribution in [3.8, 4) is 0 Å². The number of nitrogens with zero attached hydrogens (tertiary/aromatic N) is 1. The quantitative estimate of drug-likeness (QED) is 0.257. The number of aromatic nitrogens is 1. The van der Waals surface area contributed by atoms with Crippen molar-refractivity contribution in [1.82, 2.24) is 15.6 Å². The van der Waals surface area contributed by atoms with Crippen molar-refractivity contribution in [1.29, 1.82) is 0 Å². The zero-order valence-corrected chi connectivity index (χ0v) is 24.4. The van der Waals surface area contributed by atoms with Crippen LogP contribution in [0.5, 0.6) is 0 Å². The molecular formula is C33H42F2N4O2. The van der Waals surface area contributed by atoms with Crippen LogP contribution in [0.2, 0.25) is 0 Å². The number of aliphatic hydroxyl groups excluding tert-OH is 1. The maximum absolute atomic E-state index is 13.8. The summed E-state index contributed by atoms with van der Waals surface area (Å²) in [4.78, 5) is 16.4. The molecule has 8 heteroatoms. The second kappa shape index (κ2) is 13.1. The van der Waals surface area contributed by atoms with E-state index in [1.54, 1.807) is 6.20 Å². The Labute approximate surface area is 242 Å². The summed E-state index contributed by atoms with van der Waals surface area (Å²) in [5.41, 5.74) is 2.35. The van der Waals surface area contributed by atoms with E-state index in [2.05, 4.69) is 66.0 Å². The van der Waals surface area contributed by atoms with Crippen LogP contribution >= 0.6 is 0 Å². The predicted octanol–water partition coefficient (Wildman–Crippen LogP) is 5.61. The number of anilines is 1. The number of hydrogen-bond acceptors (Lipinski definition) is 5. The van der Waals surface area contributed by atoms with E-state index >= 15 is 0 Å². The lowest BCUT2D eigenvalue weighted by atomic mass is 9.73. The van der Waals surface area contributed by atoms with Gasteiger partial charge >= 0.3 is 0 Å². The average molecular weight is 565 g/mol. The van der Waals surface area contributed by atoms with Crippen LogP contribution in [0.1, 0.15) is 70.1 Å². The first-order valence-corrected chi connectivity index (χ1v) is 14.4. The molecule has 0 radical (unpaired) electrons. The van der Waals surface area contributed by atoms with Gasteiger partial charge in [-0.05, 0) is 78.5 Å². The van der Waals surface area contributed by atoms with Crippen LogP contribution in [0.15, 0.2) is 66.9 Å². The van der Waals surface area contributed by atoms with Gasteiger partial charge in [-0.25, -0.2) is 13.8 Å². The average Bonchev–Trinajstić information content (AvgIpc) is 2.92. The van der Waals surface area contributed by atoms with E-state index in [0.717, 1.165) is 43.1 Å². The largest absolute Gasteiger partial charge is 0.390 e. The summed E-state index contributed by atoms with van der Waals surface area (Å²) in [6.07, 6.45) is 4.35. The van der Waals surface area contributed by atoms with E-state index in [0.29, 0.717) is 5.56 Å². The lowest BCUT2D eigenvalue weighted by molar-refractivity contribution is -0.120. The van der Waals surface area contributed by atoms with Gasteiger partial charge in [-0.1, -0.05) is 51.1 Å². The number of carbonyl (C=O) groups is 1. The summed E-state index contributed by atoms with van der Waals surface area (Å²) in [6.45, 7) is 8.14.